The predicted octanol–water partition coefficient (Wildman–Crippen LogP) is 3.27. The summed E-state index contributed by atoms with van der Waals surface area (Å²) in [6.45, 7) is 0. The minimum Gasteiger partial charge on any atom is -0.348 e. The molecule has 0 aromatic heterocycles. The summed E-state index contributed by atoms with van der Waals surface area (Å²) < 4.78 is 65.6. The Labute approximate surface area is 115 Å². The van der Waals surface area contributed by atoms with Crippen molar-refractivity contribution in [2.45, 2.75) is 30.7 Å². The zero-order valence-electron chi connectivity index (χ0n) is 9.95. The number of amides is 1. The lowest BCUT2D eigenvalue weighted by molar-refractivity contribution is 0.0926. The molecule has 2 rings (SSSR count). The van der Waals surface area contributed by atoms with Crippen LogP contribution < -0.4 is 5.32 Å². The minimum absolute atomic E-state index is 0.430. The van der Waals surface area contributed by atoms with Gasteiger partial charge in [0.2, 0.25) is 5.82 Å². The first kappa shape index (κ1) is 15.0. The number of carbonyl (C=O) groups is 1. The van der Waals surface area contributed by atoms with Gasteiger partial charge in [-0.1, -0.05) is 0 Å². The molecule has 0 aliphatic heterocycles. The monoisotopic (exact) mass is 313 g/mol. The minimum atomic E-state index is -2.30. The van der Waals surface area contributed by atoms with E-state index in [0.29, 0.717) is 19.3 Å². The maximum Gasteiger partial charge on any atom is 0.257 e. The Morgan fingerprint density at radius 3 is 1.90 bits per heavy atom. The van der Waals surface area contributed by atoms with Crippen LogP contribution in [0, 0.1) is 29.1 Å². The lowest BCUT2D eigenvalue weighted by Gasteiger charge is -2.16. The largest absolute Gasteiger partial charge is 0.348 e. The molecule has 0 saturated heterocycles. The highest BCUT2D eigenvalue weighted by Gasteiger charge is 2.33. The molecule has 1 saturated carbocycles. The van der Waals surface area contributed by atoms with Crippen LogP contribution in [-0.4, -0.2) is 17.3 Å². The third-order valence-corrected chi connectivity index (χ3v) is 3.71. The molecule has 1 aromatic carbocycles. The summed E-state index contributed by atoms with van der Waals surface area (Å²) in [6.07, 6.45) is 1.79. The highest BCUT2D eigenvalue weighted by Crippen LogP contribution is 2.26. The van der Waals surface area contributed by atoms with E-state index in [1.807, 2.05) is 0 Å². The van der Waals surface area contributed by atoms with Crippen molar-refractivity contribution in [3.8, 4) is 0 Å². The van der Waals surface area contributed by atoms with Gasteiger partial charge >= 0.3 is 0 Å². The second-order valence-electron chi connectivity index (χ2n) is 4.47. The Bertz CT molecular complexity index is 536. The van der Waals surface area contributed by atoms with Gasteiger partial charge in [0.25, 0.3) is 5.91 Å². The van der Waals surface area contributed by atoms with E-state index < -0.39 is 52.0 Å². The molecule has 1 amide bonds. The SMILES string of the molecule is O=C(NC1CCCC1Cl)c1c(F)c(F)c(F)c(F)c1F. The molecular weight excluding hydrogens is 305 g/mol. The van der Waals surface area contributed by atoms with Crippen LogP contribution in [0.4, 0.5) is 22.0 Å². The van der Waals surface area contributed by atoms with Crippen molar-refractivity contribution in [2.75, 3.05) is 0 Å². The Hall–Kier alpha value is -1.37. The van der Waals surface area contributed by atoms with Gasteiger partial charge < -0.3 is 5.32 Å². The first-order valence-corrected chi connectivity index (χ1v) is 6.24. The number of halogens is 6. The van der Waals surface area contributed by atoms with Crippen LogP contribution in [0.2, 0.25) is 0 Å². The van der Waals surface area contributed by atoms with Gasteiger partial charge in [0.1, 0.15) is 5.56 Å². The zero-order chi connectivity index (χ0) is 15.0. The normalized spacial score (nSPS) is 22.1. The summed E-state index contributed by atoms with van der Waals surface area (Å²) in [4.78, 5) is 11.7. The van der Waals surface area contributed by atoms with E-state index in [4.69, 9.17) is 11.6 Å². The van der Waals surface area contributed by atoms with Gasteiger partial charge in [0.05, 0.1) is 5.38 Å². The van der Waals surface area contributed by atoms with Crippen molar-refractivity contribution in [2.24, 2.45) is 0 Å². The van der Waals surface area contributed by atoms with Gasteiger partial charge in [-0.3, -0.25) is 4.79 Å². The van der Waals surface area contributed by atoms with Crippen molar-refractivity contribution in [1.29, 1.82) is 0 Å². The van der Waals surface area contributed by atoms with Gasteiger partial charge in [-0.15, -0.1) is 11.6 Å². The summed E-state index contributed by atoms with van der Waals surface area (Å²) in [7, 11) is 0. The molecule has 8 heteroatoms. The molecule has 1 aliphatic carbocycles. The molecule has 2 unspecified atom stereocenters. The topological polar surface area (TPSA) is 29.1 Å². The molecule has 110 valence electrons. The van der Waals surface area contributed by atoms with Crippen molar-refractivity contribution < 1.29 is 26.7 Å². The van der Waals surface area contributed by atoms with Crippen molar-refractivity contribution >= 4 is 17.5 Å². The third-order valence-electron chi connectivity index (χ3n) is 3.18. The molecule has 1 aliphatic rings. The fraction of sp³-hybridized carbons (Fsp3) is 0.417. The van der Waals surface area contributed by atoms with Crippen molar-refractivity contribution in [3.63, 3.8) is 0 Å². The molecular formula is C12H9ClF5NO. The van der Waals surface area contributed by atoms with Gasteiger partial charge in [0.15, 0.2) is 23.3 Å². The van der Waals surface area contributed by atoms with E-state index in [0.717, 1.165) is 0 Å². The average molecular weight is 314 g/mol. The molecule has 1 fully saturated rings. The standard InChI is InChI=1S/C12H9ClF5NO/c13-4-2-1-3-5(4)19-12(20)6-7(14)9(16)11(18)10(17)8(6)15/h4-5H,1-3H2,(H,19,20). The Balaban J connectivity index is 2.35. The van der Waals surface area contributed by atoms with Crippen LogP contribution in [0.25, 0.3) is 0 Å². The quantitative estimate of drug-likeness (QED) is 0.386. The molecule has 0 radical (unpaired) electrons. The molecule has 20 heavy (non-hydrogen) atoms. The maximum atomic E-state index is 13.4. The van der Waals surface area contributed by atoms with Crippen LogP contribution in [0.15, 0.2) is 0 Å². The second kappa shape index (κ2) is 5.55. The summed E-state index contributed by atoms with van der Waals surface area (Å²) in [5.74, 6) is -12.3. The Morgan fingerprint density at radius 2 is 1.45 bits per heavy atom. The molecule has 2 atom stereocenters. The van der Waals surface area contributed by atoms with E-state index in [-0.39, 0.29) is 0 Å². The van der Waals surface area contributed by atoms with Gasteiger partial charge in [-0.25, -0.2) is 22.0 Å². The number of carbonyl (C=O) groups excluding carboxylic acids is 1. The Kier molecular flexibility index (Phi) is 4.17. The maximum absolute atomic E-state index is 13.4. The Morgan fingerprint density at radius 1 is 0.950 bits per heavy atom. The number of hydrogen-bond acceptors (Lipinski definition) is 1. The fourth-order valence-corrected chi connectivity index (χ4v) is 2.47. The molecule has 0 spiro atoms. The molecule has 1 N–H and O–H groups in total. The lowest BCUT2D eigenvalue weighted by atomic mass is 10.1. The van der Waals surface area contributed by atoms with Crippen molar-refractivity contribution in [3.05, 3.63) is 34.6 Å². The molecule has 1 aromatic rings. The van der Waals surface area contributed by atoms with E-state index in [2.05, 4.69) is 5.32 Å². The molecule has 2 nitrogen and oxygen atoms in total. The highest BCUT2D eigenvalue weighted by atomic mass is 35.5. The lowest BCUT2D eigenvalue weighted by Crippen LogP contribution is -2.39. The second-order valence-corrected chi connectivity index (χ2v) is 5.03. The first-order valence-electron chi connectivity index (χ1n) is 5.81. The molecule has 0 heterocycles. The van der Waals surface area contributed by atoms with Crippen LogP contribution >= 0.6 is 11.6 Å². The first-order chi connectivity index (χ1) is 9.34. The van der Waals surface area contributed by atoms with Gasteiger partial charge in [-0.2, -0.15) is 0 Å². The van der Waals surface area contributed by atoms with Gasteiger partial charge in [0, 0.05) is 6.04 Å². The summed E-state index contributed by atoms with van der Waals surface area (Å²) in [5.41, 5.74) is -1.49. The zero-order valence-corrected chi connectivity index (χ0v) is 10.7. The van der Waals surface area contributed by atoms with E-state index in [1.54, 1.807) is 0 Å². The number of nitrogens with one attached hydrogen (secondary N) is 1. The number of alkyl halides is 1. The van der Waals surface area contributed by atoms with Crippen molar-refractivity contribution in [1.82, 2.24) is 5.32 Å². The molecule has 0 bridgehead atoms. The highest BCUT2D eigenvalue weighted by molar-refractivity contribution is 6.21. The number of hydrogen-bond donors (Lipinski definition) is 1. The summed E-state index contributed by atoms with van der Waals surface area (Å²) in [6, 6.07) is -0.556. The fourth-order valence-electron chi connectivity index (χ4n) is 2.12. The van der Waals surface area contributed by atoms with Crippen LogP contribution in [0.5, 0.6) is 0 Å². The van der Waals surface area contributed by atoms with Gasteiger partial charge in [-0.05, 0) is 19.3 Å². The predicted molar refractivity (Wildman–Crippen MR) is 61.0 cm³/mol. The smallest absolute Gasteiger partial charge is 0.257 e. The van der Waals surface area contributed by atoms with E-state index >= 15 is 0 Å². The van der Waals surface area contributed by atoms with Crippen LogP contribution in [0.1, 0.15) is 29.6 Å². The number of rotatable bonds is 2. The summed E-state index contributed by atoms with van der Waals surface area (Å²) in [5, 5.41) is 1.76. The average Bonchev–Trinajstić information content (AvgIpc) is 2.80. The van der Waals surface area contributed by atoms with E-state index in [1.165, 1.54) is 0 Å². The summed E-state index contributed by atoms with van der Waals surface area (Å²) >= 11 is 5.87. The number of benzene rings is 1. The van der Waals surface area contributed by atoms with Crippen LogP contribution in [0.3, 0.4) is 0 Å². The van der Waals surface area contributed by atoms with Crippen LogP contribution in [-0.2, 0) is 0 Å². The third kappa shape index (κ3) is 2.46. The van der Waals surface area contributed by atoms with E-state index in [9.17, 15) is 26.7 Å².